The number of rotatable bonds is 30. The lowest BCUT2D eigenvalue weighted by Gasteiger charge is -2.32. The van der Waals surface area contributed by atoms with Crippen molar-refractivity contribution in [2.75, 3.05) is 59.2 Å². The second kappa shape index (κ2) is 45.2. The van der Waals surface area contributed by atoms with Gasteiger partial charge in [-0.05, 0) is 178 Å². The van der Waals surface area contributed by atoms with Gasteiger partial charge in [0, 0.05) is 32.2 Å². The fourth-order valence-corrected chi connectivity index (χ4v) is 17.1. The van der Waals surface area contributed by atoms with Crippen molar-refractivity contribution in [2.45, 2.75) is 215 Å². The number of carbonyl (C=O) groups is 7. The zero-order chi connectivity index (χ0) is 89.5. The van der Waals surface area contributed by atoms with E-state index in [0.29, 0.717) is 134 Å². The molecule has 2 saturated heterocycles. The second-order valence-electron chi connectivity index (χ2n) is 35.2. The first kappa shape index (κ1) is 92.3. The van der Waals surface area contributed by atoms with E-state index in [1.54, 1.807) is 34.1 Å². The van der Waals surface area contributed by atoms with Gasteiger partial charge < -0.3 is 103 Å². The zero-order valence-corrected chi connectivity index (χ0v) is 72.7. The number of nitrogens with one attached hydrogen (secondary N) is 4. The number of nitrogens with zero attached hydrogens (tertiary/aromatic N) is 6. The molecule has 6 amide bonds. The third kappa shape index (κ3) is 26.7. The molecule has 10 N–H and O–H groups in total. The van der Waals surface area contributed by atoms with Crippen LogP contribution in [0.5, 0.6) is 0 Å². The van der Waals surface area contributed by atoms with E-state index in [0.717, 1.165) is 132 Å². The minimum absolute atomic E-state index is 0.0109. The maximum absolute atomic E-state index is 13.3. The molecule has 2 aliphatic heterocycles. The molecule has 6 heterocycles. The standard InChI is InChI=1S/C26H35N3O6.C26H33N3O6.C20H20N2O4.C13H17NO3.C12H14N2O2/c2*30-23(24-27-19-8-4-5-9-20(19)34-24)22(18-10-11-18)28-26(32)35-21(16-17-6-2-1-3-7-17)25(31)29-12-14-33-15-13-29;23-18(19-21-15-8-4-5-9-16(15)26-19)17(14-10-11-14)22-20(24)25-12-13-6-2-1-3-7-13;15-8-12(11-6-7-11)14-13(16)17-9-10-4-2-1-3-5-10;13-10(7-5-6-7)11(15)12-14-8-3-1-2-4-9(8)16-12/h4-5,8-9,17-18,21-23,30H,1-3,6-7,10-16H2,(H,28,32);4-5,8-9,17-18,21-22H,1-3,6-7,10-16H2,(H,28,32);1-9,14,17-18,23H,10-12H2,(H,22,24);1-5,11-12,15H,6-9H2,(H,14,16);1-4,7,10-11,15H,5-6,13H2/t21-,22-,23?;21-,22-;17-,18?;12-;10-,11?/m00010/s1. The van der Waals surface area contributed by atoms with E-state index in [1.807, 2.05) is 133 Å². The number of ketones is 1. The molecule has 10 aromatic rings. The Bertz CT molecular complexity index is 5140. The fourth-order valence-electron chi connectivity index (χ4n) is 17.1. The first-order chi connectivity index (χ1) is 62.9. The zero-order valence-electron chi connectivity index (χ0n) is 72.7. The Hall–Kier alpha value is -11.4. The molecule has 6 aromatic carbocycles. The van der Waals surface area contributed by atoms with E-state index in [1.165, 1.54) is 12.8 Å². The number of aromatic nitrogens is 4. The topological polar surface area (TPSA) is 441 Å². The Balaban J connectivity index is 0.000000128. The van der Waals surface area contributed by atoms with E-state index in [-0.39, 0.29) is 84.9 Å². The lowest BCUT2D eigenvalue weighted by Crippen LogP contribution is -2.50. The van der Waals surface area contributed by atoms with Crippen LogP contribution in [0.2, 0.25) is 0 Å². The van der Waals surface area contributed by atoms with Gasteiger partial charge in [0.25, 0.3) is 17.7 Å². The van der Waals surface area contributed by atoms with Crippen LogP contribution in [0.1, 0.15) is 199 Å². The van der Waals surface area contributed by atoms with Crippen molar-refractivity contribution in [1.82, 2.24) is 51.0 Å². The highest BCUT2D eigenvalue weighted by atomic mass is 16.6. The molecular weight excluding hydrogens is 1660 g/mol. The normalized spacial score (nSPS) is 19.5. The van der Waals surface area contributed by atoms with E-state index in [2.05, 4.69) is 41.2 Å². The summed E-state index contributed by atoms with van der Waals surface area (Å²) in [6, 6.07) is 46.0. The first-order valence-electron chi connectivity index (χ1n) is 45.9. The molecule has 10 atom stereocenters. The molecule has 4 aromatic heterocycles. The number of hydrogen-bond donors (Lipinski definition) is 9. The number of ether oxygens (including phenoxy) is 6. The summed E-state index contributed by atoms with van der Waals surface area (Å²) in [5.41, 5.74) is 12.9. The average Bonchev–Trinajstić information content (AvgIpc) is 1.68. The van der Waals surface area contributed by atoms with Crippen molar-refractivity contribution in [2.24, 2.45) is 47.2 Å². The van der Waals surface area contributed by atoms with Crippen molar-refractivity contribution in [3.63, 3.8) is 0 Å². The summed E-state index contributed by atoms with van der Waals surface area (Å²) in [4.78, 5) is 110. The number of alkyl carbamates (subject to hydrolysis) is 4. The molecule has 0 radical (unpaired) electrons. The molecular formula is C97H119N11O21. The summed E-state index contributed by atoms with van der Waals surface area (Å²) < 4.78 is 55.1. The summed E-state index contributed by atoms with van der Waals surface area (Å²) in [5.74, 6) is 1.88. The van der Waals surface area contributed by atoms with E-state index < -0.39 is 73.0 Å². The van der Waals surface area contributed by atoms with Gasteiger partial charge in [-0.15, -0.1) is 0 Å². The average molecular weight is 1780 g/mol. The minimum Gasteiger partial charge on any atom is -0.445 e. The number of oxazole rings is 4. The van der Waals surface area contributed by atoms with Crippen molar-refractivity contribution in [3.05, 3.63) is 192 Å². The highest BCUT2D eigenvalue weighted by Crippen LogP contribution is 2.43. The predicted octanol–water partition coefficient (Wildman–Crippen LogP) is 14.1. The van der Waals surface area contributed by atoms with Crippen molar-refractivity contribution in [1.29, 1.82) is 0 Å². The second-order valence-corrected chi connectivity index (χ2v) is 35.2. The Morgan fingerprint density at radius 3 is 1.14 bits per heavy atom. The smallest absolute Gasteiger partial charge is 0.408 e. The summed E-state index contributed by atoms with van der Waals surface area (Å²) in [6.45, 7) is 4.37. The number of amides is 6. The van der Waals surface area contributed by atoms with Gasteiger partial charge in [0.2, 0.25) is 23.5 Å². The van der Waals surface area contributed by atoms with Gasteiger partial charge in [0.1, 0.15) is 47.4 Å². The molecule has 9 aliphatic rings. The number of hydrogen-bond acceptors (Lipinski definition) is 26. The molecule has 129 heavy (non-hydrogen) atoms. The van der Waals surface area contributed by atoms with E-state index >= 15 is 0 Å². The lowest BCUT2D eigenvalue weighted by molar-refractivity contribution is -0.146. The van der Waals surface area contributed by atoms with Crippen LogP contribution in [0.15, 0.2) is 175 Å². The quantitative estimate of drug-likeness (QED) is 0.0149. The summed E-state index contributed by atoms with van der Waals surface area (Å²) >= 11 is 0. The van der Waals surface area contributed by atoms with Gasteiger partial charge in [-0.2, -0.15) is 0 Å². The number of benzene rings is 6. The summed E-state index contributed by atoms with van der Waals surface area (Å²) in [6.07, 6.45) is 14.9. The van der Waals surface area contributed by atoms with E-state index in [4.69, 9.17) is 56.9 Å². The first-order valence-corrected chi connectivity index (χ1v) is 45.9. The van der Waals surface area contributed by atoms with Gasteiger partial charge >= 0.3 is 24.4 Å². The van der Waals surface area contributed by atoms with Gasteiger partial charge in [0.05, 0.1) is 51.2 Å². The number of para-hydroxylation sites is 8. The minimum atomic E-state index is -1.10. The van der Waals surface area contributed by atoms with Gasteiger partial charge in [-0.25, -0.2) is 39.1 Å². The Morgan fingerprint density at radius 1 is 0.395 bits per heavy atom. The Labute approximate surface area is 747 Å². The summed E-state index contributed by atoms with van der Waals surface area (Å²) in [7, 11) is 0. The molecule has 32 nitrogen and oxygen atoms in total. The van der Waals surface area contributed by atoms with Crippen LogP contribution >= 0.6 is 0 Å². The fraction of sp³-hybridized carbons (Fsp3) is 0.515. The van der Waals surface area contributed by atoms with Crippen LogP contribution in [0.4, 0.5) is 19.2 Å². The highest BCUT2D eigenvalue weighted by molar-refractivity contribution is 6.00. The molecule has 0 bridgehead atoms. The number of nitrogens with two attached hydrogens (primary N) is 1. The molecule has 32 heteroatoms. The van der Waals surface area contributed by atoms with Gasteiger partial charge in [0.15, 0.2) is 46.7 Å². The SMILES string of the molecule is N[C@@H](C1CC1)C(O)c1nc2ccccc2o1.O=C(N[C@@H](C1CC1)C(O)c1nc2ccccc2o1)OCc1ccccc1.O=C(N[C@@H](C1CC1)C(O)c1nc2ccccc2o1)O[C@@H](CC1CCCCC1)C(=O)N1CCOCC1.O=C(N[C@H](C(=O)c1nc2ccccc2o1)C1CC1)O[C@@H](CC1CCCCC1)C(=O)N1CCOCC1.O=C(N[C@H](CO)C1CC1)OCc1ccccc1. The van der Waals surface area contributed by atoms with E-state index in [9.17, 15) is 48.9 Å². The van der Waals surface area contributed by atoms with Crippen molar-refractivity contribution < 1.29 is 100 Å². The summed E-state index contributed by atoms with van der Waals surface area (Å²) in [5, 5.41) is 51.9. The molecule has 19 rings (SSSR count). The van der Waals surface area contributed by atoms with Crippen LogP contribution in [-0.2, 0) is 51.2 Å². The Morgan fingerprint density at radius 2 is 0.752 bits per heavy atom. The van der Waals surface area contributed by atoms with Crippen LogP contribution < -0.4 is 27.0 Å². The van der Waals surface area contributed by atoms with Crippen LogP contribution in [0.3, 0.4) is 0 Å². The van der Waals surface area contributed by atoms with Crippen molar-refractivity contribution in [3.8, 4) is 0 Å². The van der Waals surface area contributed by atoms with Crippen LogP contribution in [0, 0.1) is 41.4 Å². The maximum atomic E-state index is 13.3. The van der Waals surface area contributed by atoms with Gasteiger partial charge in [-0.1, -0.05) is 173 Å². The van der Waals surface area contributed by atoms with Crippen molar-refractivity contribution >= 4 is 86.4 Å². The number of Topliss-reactive ketones (excluding diaryl/α,β-unsaturated/α-hetero) is 1. The molecule has 7 aliphatic carbocycles. The van der Waals surface area contributed by atoms with Crippen LogP contribution in [0.25, 0.3) is 44.4 Å². The third-order valence-corrected chi connectivity index (χ3v) is 25.2. The molecule has 3 unspecified atom stereocenters. The van der Waals surface area contributed by atoms with Crippen LogP contribution in [-0.4, -0.2) is 194 Å². The number of morpholine rings is 2. The molecule has 0 spiro atoms. The monoisotopic (exact) mass is 1770 g/mol. The molecule has 9 fully saturated rings. The maximum Gasteiger partial charge on any atom is 0.408 e. The highest BCUT2D eigenvalue weighted by Gasteiger charge is 2.45. The lowest BCUT2D eigenvalue weighted by atomic mass is 9.85. The largest absolute Gasteiger partial charge is 0.445 e. The number of fused-ring (bicyclic) bond motifs is 4. The number of aliphatic hydroxyl groups is 4. The predicted molar refractivity (Wildman–Crippen MR) is 473 cm³/mol. The molecule has 688 valence electrons. The number of aliphatic hydroxyl groups excluding tert-OH is 4. The van der Waals surface area contributed by atoms with Gasteiger partial charge in [-0.3, -0.25) is 14.4 Å². The number of carbonyl (C=O) groups excluding carboxylic acids is 7. The third-order valence-electron chi connectivity index (χ3n) is 25.2. The Kier molecular flexibility index (Phi) is 32.4. The molecule has 7 saturated carbocycles.